The highest BCUT2D eigenvalue weighted by Crippen LogP contribution is 2.30. The summed E-state index contributed by atoms with van der Waals surface area (Å²) in [6.45, 7) is 5.15. The number of fused-ring (bicyclic) bond motifs is 1. The van der Waals surface area contributed by atoms with E-state index in [-0.39, 0.29) is 23.5 Å². The van der Waals surface area contributed by atoms with Crippen LogP contribution >= 0.6 is 11.6 Å². The Labute approximate surface area is 192 Å². The lowest BCUT2D eigenvalue weighted by Gasteiger charge is -2.34. The minimum absolute atomic E-state index is 0.0307. The Kier molecular flexibility index (Phi) is 6.44. The van der Waals surface area contributed by atoms with E-state index in [1.165, 1.54) is 13.2 Å². The lowest BCUT2D eigenvalue weighted by atomic mass is 10.0. The minimum atomic E-state index is -3.80. The van der Waals surface area contributed by atoms with Crippen molar-refractivity contribution in [2.45, 2.75) is 49.5 Å². The first-order valence-corrected chi connectivity index (χ1v) is 12.5. The summed E-state index contributed by atoms with van der Waals surface area (Å²) in [5, 5.41) is 3.56. The molecule has 7 nitrogen and oxygen atoms in total. The van der Waals surface area contributed by atoms with Gasteiger partial charge in [0.05, 0.1) is 5.25 Å². The first-order valence-electron chi connectivity index (χ1n) is 10.6. The van der Waals surface area contributed by atoms with E-state index in [9.17, 15) is 13.2 Å². The molecule has 0 radical (unpaired) electrons. The molecule has 9 heteroatoms. The average molecular weight is 476 g/mol. The van der Waals surface area contributed by atoms with E-state index in [0.717, 1.165) is 37.3 Å². The van der Waals surface area contributed by atoms with Crippen LogP contribution in [0.2, 0.25) is 5.02 Å². The number of aryl methyl sites for hydroxylation is 1. The topological polar surface area (TPSA) is 92.5 Å². The number of nitrogens with one attached hydrogen (secondary N) is 1. The van der Waals surface area contributed by atoms with Crippen molar-refractivity contribution in [2.24, 2.45) is 0 Å². The first-order chi connectivity index (χ1) is 15.2. The summed E-state index contributed by atoms with van der Waals surface area (Å²) in [5.74, 6) is -0.266. The number of hydrogen-bond acceptors (Lipinski definition) is 6. The molecule has 1 atom stereocenters. The standard InChI is InChI=1S/C23H26ClN3O4S/c1-15-11-20(5-8-25-15)27-9-6-19(7-10-27)26-22(28)12-16(2)32(29,30)23-21-4-3-18(24)13-17(21)14-31-23/h3-5,8,11,13-14,16,19H,6-7,9-10,12H2,1-2H3,(H,26,28). The number of nitrogens with zero attached hydrogens (tertiary/aromatic N) is 2. The van der Waals surface area contributed by atoms with Gasteiger partial charge in [0.2, 0.25) is 20.8 Å². The fourth-order valence-electron chi connectivity index (χ4n) is 4.07. The van der Waals surface area contributed by atoms with Crippen LogP contribution in [0.15, 0.2) is 52.3 Å². The molecule has 1 unspecified atom stereocenters. The maximum Gasteiger partial charge on any atom is 0.225 e. The Morgan fingerprint density at radius 3 is 2.75 bits per heavy atom. The second-order valence-electron chi connectivity index (χ2n) is 8.30. The van der Waals surface area contributed by atoms with Gasteiger partial charge in [0.25, 0.3) is 0 Å². The zero-order chi connectivity index (χ0) is 22.9. The largest absolute Gasteiger partial charge is 0.452 e. The molecule has 0 bridgehead atoms. The van der Waals surface area contributed by atoms with E-state index in [0.29, 0.717) is 15.8 Å². The van der Waals surface area contributed by atoms with Gasteiger partial charge in [-0.3, -0.25) is 9.78 Å². The number of carbonyl (C=O) groups excluding carboxylic acids is 1. The van der Waals surface area contributed by atoms with Crippen molar-refractivity contribution in [3.8, 4) is 0 Å². The fourth-order valence-corrected chi connectivity index (χ4v) is 5.66. The van der Waals surface area contributed by atoms with Crippen LogP contribution in [0.25, 0.3) is 10.8 Å². The van der Waals surface area contributed by atoms with Crippen molar-refractivity contribution in [3.63, 3.8) is 0 Å². The maximum absolute atomic E-state index is 13.0. The van der Waals surface area contributed by atoms with Gasteiger partial charge in [0.1, 0.15) is 6.26 Å². The molecule has 1 aromatic carbocycles. The Morgan fingerprint density at radius 2 is 2.03 bits per heavy atom. The number of aromatic nitrogens is 1. The van der Waals surface area contributed by atoms with Gasteiger partial charge in [0.15, 0.2) is 0 Å². The third-order valence-electron chi connectivity index (χ3n) is 5.89. The Bertz CT molecular complexity index is 1230. The summed E-state index contributed by atoms with van der Waals surface area (Å²) in [4.78, 5) is 19.1. The molecule has 32 heavy (non-hydrogen) atoms. The fraction of sp³-hybridized carbons (Fsp3) is 0.391. The summed E-state index contributed by atoms with van der Waals surface area (Å²) in [6.07, 6.45) is 4.66. The second-order valence-corrected chi connectivity index (χ2v) is 11.0. The SMILES string of the molecule is Cc1cc(N2CCC(NC(=O)CC(C)S(=O)(=O)c3occ4cc(Cl)ccc34)CC2)ccn1. The number of anilines is 1. The van der Waals surface area contributed by atoms with Crippen LogP contribution in [-0.4, -0.2) is 43.7 Å². The summed E-state index contributed by atoms with van der Waals surface area (Å²) in [6, 6.07) is 8.97. The van der Waals surface area contributed by atoms with Gasteiger partial charge in [-0.1, -0.05) is 11.6 Å². The van der Waals surface area contributed by atoms with E-state index in [4.69, 9.17) is 16.0 Å². The van der Waals surface area contributed by atoms with Crippen LogP contribution in [0.1, 0.15) is 31.9 Å². The molecule has 1 amide bonds. The molecule has 0 spiro atoms. The lowest BCUT2D eigenvalue weighted by Crippen LogP contribution is -2.45. The Balaban J connectivity index is 1.34. The summed E-state index contributed by atoms with van der Waals surface area (Å²) in [7, 11) is -3.80. The van der Waals surface area contributed by atoms with Gasteiger partial charge in [-0.2, -0.15) is 0 Å². The van der Waals surface area contributed by atoms with Crippen LogP contribution < -0.4 is 10.2 Å². The molecule has 4 rings (SSSR count). The maximum atomic E-state index is 13.0. The number of sulfone groups is 1. The number of benzene rings is 1. The van der Waals surface area contributed by atoms with Gasteiger partial charge >= 0.3 is 0 Å². The first kappa shape index (κ1) is 22.6. The second kappa shape index (κ2) is 9.11. The molecule has 170 valence electrons. The summed E-state index contributed by atoms with van der Waals surface area (Å²) < 4.78 is 31.4. The molecule has 1 aliphatic heterocycles. The predicted molar refractivity (Wildman–Crippen MR) is 125 cm³/mol. The van der Waals surface area contributed by atoms with Crippen LogP contribution in [0, 0.1) is 6.92 Å². The highest BCUT2D eigenvalue weighted by atomic mass is 35.5. The smallest absolute Gasteiger partial charge is 0.225 e. The zero-order valence-corrected chi connectivity index (χ0v) is 19.6. The number of halogens is 1. The van der Waals surface area contributed by atoms with E-state index in [1.54, 1.807) is 24.4 Å². The van der Waals surface area contributed by atoms with Crippen LogP contribution in [0.3, 0.4) is 0 Å². The third kappa shape index (κ3) is 4.76. The van der Waals surface area contributed by atoms with E-state index in [1.807, 2.05) is 13.0 Å². The third-order valence-corrected chi connectivity index (χ3v) is 8.19. The number of hydrogen-bond donors (Lipinski definition) is 1. The van der Waals surface area contributed by atoms with Crippen molar-refractivity contribution in [1.82, 2.24) is 10.3 Å². The molecular formula is C23H26ClN3O4S. The molecule has 3 heterocycles. The molecular weight excluding hydrogens is 450 g/mol. The van der Waals surface area contributed by atoms with Gasteiger partial charge in [0, 0.05) is 58.9 Å². The summed E-state index contributed by atoms with van der Waals surface area (Å²) in [5.41, 5.74) is 2.11. The summed E-state index contributed by atoms with van der Waals surface area (Å²) >= 11 is 5.97. The van der Waals surface area contributed by atoms with Crippen molar-refractivity contribution < 1.29 is 17.6 Å². The van der Waals surface area contributed by atoms with Crippen molar-refractivity contribution >= 4 is 43.8 Å². The number of amides is 1. The normalized spacial score (nSPS) is 16.3. The van der Waals surface area contributed by atoms with Crippen LogP contribution in [-0.2, 0) is 14.6 Å². The minimum Gasteiger partial charge on any atom is -0.452 e. The molecule has 1 saturated heterocycles. The van der Waals surface area contributed by atoms with Gasteiger partial charge in [-0.15, -0.1) is 0 Å². The van der Waals surface area contributed by atoms with Gasteiger partial charge < -0.3 is 14.6 Å². The molecule has 0 saturated carbocycles. The molecule has 0 aliphatic carbocycles. The Morgan fingerprint density at radius 1 is 1.28 bits per heavy atom. The highest BCUT2D eigenvalue weighted by Gasteiger charge is 2.31. The quantitative estimate of drug-likeness (QED) is 0.576. The number of piperidine rings is 1. The van der Waals surface area contributed by atoms with E-state index in [2.05, 4.69) is 21.3 Å². The zero-order valence-electron chi connectivity index (χ0n) is 18.0. The van der Waals surface area contributed by atoms with E-state index < -0.39 is 15.1 Å². The molecule has 3 aromatic rings. The van der Waals surface area contributed by atoms with E-state index >= 15 is 0 Å². The van der Waals surface area contributed by atoms with Gasteiger partial charge in [-0.05, 0) is 57.0 Å². The molecule has 1 aliphatic rings. The molecule has 1 N–H and O–H groups in total. The average Bonchev–Trinajstić information content (AvgIpc) is 3.18. The molecule has 2 aromatic heterocycles. The van der Waals surface area contributed by atoms with Crippen LogP contribution in [0.4, 0.5) is 5.69 Å². The van der Waals surface area contributed by atoms with Crippen LogP contribution in [0.5, 0.6) is 0 Å². The molecule has 1 fully saturated rings. The lowest BCUT2D eigenvalue weighted by molar-refractivity contribution is -0.121. The number of pyridine rings is 1. The predicted octanol–water partition coefficient (Wildman–Crippen LogP) is 4.13. The highest BCUT2D eigenvalue weighted by molar-refractivity contribution is 7.92. The van der Waals surface area contributed by atoms with Crippen molar-refractivity contribution in [3.05, 3.63) is 53.5 Å². The van der Waals surface area contributed by atoms with Gasteiger partial charge in [-0.25, -0.2) is 8.42 Å². The number of rotatable bonds is 6. The van der Waals surface area contributed by atoms with Crippen molar-refractivity contribution in [2.75, 3.05) is 18.0 Å². The Hall–Kier alpha value is -2.58. The number of furan rings is 1. The number of carbonyl (C=O) groups is 1. The van der Waals surface area contributed by atoms with Crippen molar-refractivity contribution in [1.29, 1.82) is 0 Å². The monoisotopic (exact) mass is 475 g/mol.